The minimum Gasteiger partial charge on any atom is -0.376 e. The predicted octanol–water partition coefficient (Wildman–Crippen LogP) is 2.23. The van der Waals surface area contributed by atoms with Crippen molar-refractivity contribution in [2.75, 3.05) is 13.2 Å². The first-order valence-electron chi connectivity index (χ1n) is 7.99. The Kier molecular flexibility index (Phi) is 5.32. The van der Waals surface area contributed by atoms with Gasteiger partial charge in [-0.3, -0.25) is 14.8 Å². The molecule has 0 saturated carbocycles. The molecule has 5 nitrogen and oxygen atoms in total. The fourth-order valence-electron chi connectivity index (χ4n) is 2.77. The molecule has 1 amide bonds. The summed E-state index contributed by atoms with van der Waals surface area (Å²) >= 11 is 0. The van der Waals surface area contributed by atoms with E-state index in [1.54, 1.807) is 18.6 Å². The van der Waals surface area contributed by atoms with Crippen LogP contribution in [0.3, 0.4) is 0 Å². The van der Waals surface area contributed by atoms with Gasteiger partial charge in [0, 0.05) is 44.0 Å². The molecule has 3 rings (SSSR count). The van der Waals surface area contributed by atoms with Crippen LogP contribution in [0.2, 0.25) is 0 Å². The molecule has 0 N–H and O–H groups in total. The Labute approximate surface area is 136 Å². The molecule has 3 heterocycles. The predicted molar refractivity (Wildman–Crippen MR) is 86.6 cm³/mol. The molecule has 0 aliphatic carbocycles. The summed E-state index contributed by atoms with van der Waals surface area (Å²) in [6.45, 7) is 2.00. The van der Waals surface area contributed by atoms with Crippen LogP contribution in [0, 0.1) is 0 Å². The lowest BCUT2D eigenvalue weighted by atomic mass is 10.1. The average Bonchev–Trinajstić information content (AvgIpc) is 3.09. The second kappa shape index (κ2) is 7.83. The van der Waals surface area contributed by atoms with E-state index in [9.17, 15) is 4.79 Å². The topological polar surface area (TPSA) is 55.3 Å². The highest BCUT2D eigenvalue weighted by molar-refractivity contribution is 5.78. The fourth-order valence-corrected chi connectivity index (χ4v) is 2.77. The number of nitrogens with zero attached hydrogens (tertiary/aromatic N) is 3. The van der Waals surface area contributed by atoms with Crippen LogP contribution in [0.15, 0.2) is 48.9 Å². The molecule has 0 bridgehead atoms. The lowest BCUT2D eigenvalue weighted by Crippen LogP contribution is -2.38. The maximum absolute atomic E-state index is 12.7. The number of ether oxygens (including phenoxy) is 1. The van der Waals surface area contributed by atoms with E-state index in [0.29, 0.717) is 19.5 Å². The summed E-state index contributed by atoms with van der Waals surface area (Å²) in [7, 11) is 0. The molecular weight excluding hydrogens is 290 g/mol. The molecular formula is C18H21N3O2. The van der Waals surface area contributed by atoms with Gasteiger partial charge in [0.1, 0.15) is 0 Å². The maximum atomic E-state index is 12.7. The van der Waals surface area contributed by atoms with Crippen molar-refractivity contribution in [1.82, 2.24) is 14.9 Å². The zero-order chi connectivity index (χ0) is 15.9. The van der Waals surface area contributed by atoms with Gasteiger partial charge in [0.2, 0.25) is 5.91 Å². The Morgan fingerprint density at radius 3 is 2.78 bits per heavy atom. The summed E-state index contributed by atoms with van der Waals surface area (Å²) in [5.74, 6) is 0.0796. The molecule has 1 fully saturated rings. The first-order valence-corrected chi connectivity index (χ1v) is 7.99. The van der Waals surface area contributed by atoms with Crippen molar-refractivity contribution in [3.05, 3.63) is 60.2 Å². The van der Waals surface area contributed by atoms with Crippen LogP contribution in [0.1, 0.15) is 24.1 Å². The molecule has 0 radical (unpaired) electrons. The molecule has 0 spiro atoms. The quantitative estimate of drug-likeness (QED) is 0.821. The first kappa shape index (κ1) is 15.6. The standard InChI is InChI=1S/C18H21N3O2/c22-18(12-16-4-1-2-8-20-16)21(14-17-5-3-11-23-17)13-15-6-9-19-10-7-15/h1-2,4,6-10,17H,3,5,11-14H2. The van der Waals surface area contributed by atoms with E-state index in [2.05, 4.69) is 9.97 Å². The minimum absolute atomic E-state index is 0.0796. The maximum Gasteiger partial charge on any atom is 0.228 e. The van der Waals surface area contributed by atoms with Crippen molar-refractivity contribution in [2.45, 2.75) is 31.9 Å². The third-order valence-electron chi connectivity index (χ3n) is 3.98. The van der Waals surface area contributed by atoms with Gasteiger partial charge in [-0.15, -0.1) is 0 Å². The smallest absolute Gasteiger partial charge is 0.228 e. The van der Waals surface area contributed by atoms with Crippen LogP contribution in [0.5, 0.6) is 0 Å². The SMILES string of the molecule is O=C(Cc1ccccn1)N(Cc1ccncc1)CC1CCCO1. The lowest BCUT2D eigenvalue weighted by Gasteiger charge is -2.25. The molecule has 23 heavy (non-hydrogen) atoms. The van der Waals surface area contributed by atoms with Gasteiger partial charge < -0.3 is 9.64 Å². The summed E-state index contributed by atoms with van der Waals surface area (Å²) < 4.78 is 5.70. The molecule has 1 aliphatic heterocycles. The highest BCUT2D eigenvalue weighted by Crippen LogP contribution is 2.16. The molecule has 1 aliphatic rings. The van der Waals surface area contributed by atoms with Crippen molar-refractivity contribution in [3.8, 4) is 0 Å². The molecule has 1 unspecified atom stereocenters. The van der Waals surface area contributed by atoms with Crippen molar-refractivity contribution < 1.29 is 9.53 Å². The van der Waals surface area contributed by atoms with E-state index in [-0.39, 0.29) is 12.0 Å². The normalized spacial score (nSPS) is 17.1. The summed E-state index contributed by atoms with van der Waals surface area (Å²) in [4.78, 5) is 22.9. The number of amides is 1. The average molecular weight is 311 g/mol. The van der Waals surface area contributed by atoms with Gasteiger partial charge in [0.15, 0.2) is 0 Å². The number of aromatic nitrogens is 2. The lowest BCUT2D eigenvalue weighted by molar-refractivity contribution is -0.132. The third kappa shape index (κ3) is 4.60. The highest BCUT2D eigenvalue weighted by atomic mass is 16.5. The van der Waals surface area contributed by atoms with Crippen molar-refractivity contribution in [2.24, 2.45) is 0 Å². The van der Waals surface area contributed by atoms with Crippen molar-refractivity contribution in [3.63, 3.8) is 0 Å². The first-order chi connectivity index (χ1) is 11.3. The number of rotatable bonds is 6. The number of hydrogen-bond acceptors (Lipinski definition) is 4. The number of pyridine rings is 2. The molecule has 0 aromatic carbocycles. The van der Waals surface area contributed by atoms with Gasteiger partial charge in [-0.25, -0.2) is 0 Å². The molecule has 5 heteroatoms. The van der Waals surface area contributed by atoms with E-state index < -0.39 is 0 Å². The van der Waals surface area contributed by atoms with Gasteiger partial charge in [0.05, 0.1) is 12.5 Å². The Balaban J connectivity index is 1.69. The Morgan fingerprint density at radius 1 is 1.22 bits per heavy atom. The van der Waals surface area contributed by atoms with E-state index in [0.717, 1.165) is 30.7 Å². The van der Waals surface area contributed by atoms with E-state index in [4.69, 9.17) is 4.74 Å². The second-order valence-corrected chi connectivity index (χ2v) is 5.76. The molecule has 2 aromatic rings. The Hall–Kier alpha value is -2.27. The molecule has 2 aromatic heterocycles. The van der Waals surface area contributed by atoms with Crippen LogP contribution >= 0.6 is 0 Å². The number of carbonyl (C=O) groups is 1. The zero-order valence-electron chi connectivity index (χ0n) is 13.1. The summed E-state index contributed by atoms with van der Waals surface area (Å²) in [6.07, 6.45) is 7.77. The van der Waals surface area contributed by atoms with Gasteiger partial charge in [-0.1, -0.05) is 6.07 Å². The van der Waals surface area contributed by atoms with Crippen molar-refractivity contribution >= 4 is 5.91 Å². The highest BCUT2D eigenvalue weighted by Gasteiger charge is 2.23. The van der Waals surface area contributed by atoms with E-state index in [1.807, 2.05) is 35.2 Å². The fraction of sp³-hybridized carbons (Fsp3) is 0.389. The van der Waals surface area contributed by atoms with Crippen LogP contribution in [-0.4, -0.2) is 40.0 Å². The third-order valence-corrected chi connectivity index (χ3v) is 3.98. The monoisotopic (exact) mass is 311 g/mol. The zero-order valence-corrected chi connectivity index (χ0v) is 13.1. The molecule has 1 saturated heterocycles. The van der Waals surface area contributed by atoms with Gasteiger partial charge in [-0.2, -0.15) is 0 Å². The number of carbonyl (C=O) groups excluding carboxylic acids is 1. The largest absolute Gasteiger partial charge is 0.376 e. The number of hydrogen-bond donors (Lipinski definition) is 0. The summed E-state index contributed by atoms with van der Waals surface area (Å²) in [5.41, 5.74) is 1.87. The van der Waals surface area contributed by atoms with Crippen LogP contribution < -0.4 is 0 Å². The van der Waals surface area contributed by atoms with Crippen LogP contribution in [0.4, 0.5) is 0 Å². The Morgan fingerprint density at radius 2 is 2.09 bits per heavy atom. The molecule has 120 valence electrons. The minimum atomic E-state index is 0.0796. The van der Waals surface area contributed by atoms with Crippen LogP contribution in [0.25, 0.3) is 0 Å². The Bertz CT molecular complexity index is 613. The summed E-state index contributed by atoms with van der Waals surface area (Å²) in [5, 5.41) is 0. The van der Waals surface area contributed by atoms with E-state index in [1.165, 1.54) is 0 Å². The van der Waals surface area contributed by atoms with E-state index >= 15 is 0 Å². The van der Waals surface area contributed by atoms with Gasteiger partial charge in [0.25, 0.3) is 0 Å². The van der Waals surface area contributed by atoms with Crippen LogP contribution in [-0.2, 0) is 22.5 Å². The van der Waals surface area contributed by atoms with Gasteiger partial charge >= 0.3 is 0 Å². The molecule has 1 atom stereocenters. The second-order valence-electron chi connectivity index (χ2n) is 5.76. The van der Waals surface area contributed by atoms with Gasteiger partial charge in [-0.05, 0) is 42.7 Å². The summed E-state index contributed by atoms with van der Waals surface area (Å²) in [6, 6.07) is 9.53. The van der Waals surface area contributed by atoms with Crippen molar-refractivity contribution in [1.29, 1.82) is 0 Å².